The van der Waals surface area contributed by atoms with Gasteiger partial charge in [0.15, 0.2) is 5.69 Å². The van der Waals surface area contributed by atoms with Gasteiger partial charge in [0.05, 0.1) is 17.1 Å². The molecule has 0 saturated heterocycles. The standard InChI is InChI=1S/C16H14ClN3O2/c1-2-22-16(21)14-9-19-15(20-14)6-10-3-4-13-11(5-10)7-12(17)8-18-13/h3-5,7-9H,2,6H2,1H3,(H,19,20). The summed E-state index contributed by atoms with van der Waals surface area (Å²) < 4.78 is 4.92. The first kappa shape index (κ1) is 14.5. The number of nitrogens with one attached hydrogen (secondary N) is 1. The van der Waals surface area contributed by atoms with Gasteiger partial charge >= 0.3 is 5.97 Å². The number of hydrogen-bond acceptors (Lipinski definition) is 4. The summed E-state index contributed by atoms with van der Waals surface area (Å²) in [5.74, 6) is 0.289. The molecule has 0 atom stereocenters. The average Bonchev–Trinajstić information content (AvgIpc) is 2.96. The Bertz CT molecular complexity index is 829. The molecule has 1 aromatic carbocycles. The Kier molecular flexibility index (Phi) is 4.06. The fourth-order valence-corrected chi connectivity index (χ4v) is 2.39. The molecule has 0 bridgehead atoms. The number of benzene rings is 1. The van der Waals surface area contributed by atoms with E-state index in [-0.39, 0.29) is 0 Å². The molecule has 0 fully saturated rings. The van der Waals surface area contributed by atoms with Gasteiger partial charge in [-0.25, -0.2) is 9.78 Å². The van der Waals surface area contributed by atoms with Crippen LogP contribution in [0.15, 0.2) is 36.7 Å². The Hall–Kier alpha value is -2.40. The number of carbonyl (C=O) groups is 1. The molecule has 0 spiro atoms. The SMILES string of the molecule is CCOC(=O)c1c[nH]c(Cc2ccc3ncc(Cl)cc3c2)n1. The predicted octanol–water partition coefficient (Wildman–Crippen LogP) is 3.38. The number of aromatic nitrogens is 3. The van der Waals surface area contributed by atoms with Gasteiger partial charge < -0.3 is 9.72 Å². The molecule has 0 saturated carbocycles. The number of rotatable bonds is 4. The zero-order chi connectivity index (χ0) is 15.5. The first-order valence-electron chi connectivity index (χ1n) is 6.91. The van der Waals surface area contributed by atoms with E-state index in [0.717, 1.165) is 16.5 Å². The quantitative estimate of drug-likeness (QED) is 0.749. The van der Waals surface area contributed by atoms with E-state index >= 15 is 0 Å². The van der Waals surface area contributed by atoms with Gasteiger partial charge in [0.2, 0.25) is 0 Å². The van der Waals surface area contributed by atoms with Crippen molar-refractivity contribution >= 4 is 28.5 Å². The lowest BCUT2D eigenvalue weighted by Crippen LogP contribution is -2.05. The highest BCUT2D eigenvalue weighted by atomic mass is 35.5. The Morgan fingerprint density at radius 1 is 1.36 bits per heavy atom. The highest BCUT2D eigenvalue weighted by Gasteiger charge is 2.11. The van der Waals surface area contributed by atoms with E-state index in [2.05, 4.69) is 15.0 Å². The summed E-state index contributed by atoms with van der Waals surface area (Å²) in [6.45, 7) is 2.10. The molecule has 112 valence electrons. The number of halogens is 1. The second-order valence-electron chi connectivity index (χ2n) is 4.81. The molecule has 2 aromatic heterocycles. The third-order valence-corrected chi connectivity index (χ3v) is 3.41. The van der Waals surface area contributed by atoms with Crippen molar-refractivity contribution in [1.82, 2.24) is 15.0 Å². The zero-order valence-electron chi connectivity index (χ0n) is 12.0. The average molecular weight is 316 g/mol. The topological polar surface area (TPSA) is 67.9 Å². The second-order valence-corrected chi connectivity index (χ2v) is 5.25. The Morgan fingerprint density at radius 2 is 2.23 bits per heavy atom. The van der Waals surface area contributed by atoms with Gasteiger partial charge in [-0.2, -0.15) is 0 Å². The van der Waals surface area contributed by atoms with Crippen LogP contribution in [0.1, 0.15) is 28.8 Å². The number of esters is 1. The highest BCUT2D eigenvalue weighted by Crippen LogP contribution is 2.19. The van der Waals surface area contributed by atoms with Crippen molar-refractivity contribution in [2.75, 3.05) is 6.61 Å². The van der Waals surface area contributed by atoms with Crippen molar-refractivity contribution in [2.24, 2.45) is 0 Å². The van der Waals surface area contributed by atoms with E-state index in [4.69, 9.17) is 16.3 Å². The van der Waals surface area contributed by atoms with Crippen molar-refractivity contribution in [1.29, 1.82) is 0 Å². The Balaban J connectivity index is 1.82. The number of pyridine rings is 1. The summed E-state index contributed by atoms with van der Waals surface area (Å²) in [4.78, 5) is 23.1. The van der Waals surface area contributed by atoms with Crippen LogP contribution in [0.4, 0.5) is 0 Å². The van der Waals surface area contributed by atoms with Crippen LogP contribution in [0.5, 0.6) is 0 Å². The third-order valence-electron chi connectivity index (χ3n) is 3.20. The Morgan fingerprint density at radius 3 is 3.05 bits per heavy atom. The lowest BCUT2D eigenvalue weighted by Gasteiger charge is -2.02. The van der Waals surface area contributed by atoms with Gasteiger partial charge in [0, 0.05) is 24.2 Å². The third kappa shape index (κ3) is 3.09. The van der Waals surface area contributed by atoms with Gasteiger partial charge in [-0.15, -0.1) is 0 Å². The van der Waals surface area contributed by atoms with Crippen LogP contribution in [-0.2, 0) is 11.2 Å². The van der Waals surface area contributed by atoms with Crippen LogP contribution in [0.3, 0.4) is 0 Å². The minimum Gasteiger partial charge on any atom is -0.461 e. The first-order valence-corrected chi connectivity index (χ1v) is 7.29. The lowest BCUT2D eigenvalue weighted by atomic mass is 10.1. The van der Waals surface area contributed by atoms with Gasteiger partial charge in [0.25, 0.3) is 0 Å². The van der Waals surface area contributed by atoms with Crippen molar-refractivity contribution in [3.63, 3.8) is 0 Å². The second kappa shape index (κ2) is 6.15. The van der Waals surface area contributed by atoms with Crippen LogP contribution in [-0.4, -0.2) is 27.5 Å². The lowest BCUT2D eigenvalue weighted by molar-refractivity contribution is 0.0520. The number of fused-ring (bicyclic) bond motifs is 1. The summed E-state index contributed by atoms with van der Waals surface area (Å²) >= 11 is 5.97. The normalized spacial score (nSPS) is 10.8. The molecule has 0 radical (unpaired) electrons. The van der Waals surface area contributed by atoms with Gasteiger partial charge in [-0.3, -0.25) is 4.98 Å². The van der Waals surface area contributed by atoms with Crippen molar-refractivity contribution < 1.29 is 9.53 Å². The molecule has 22 heavy (non-hydrogen) atoms. The predicted molar refractivity (Wildman–Crippen MR) is 84.1 cm³/mol. The van der Waals surface area contributed by atoms with E-state index in [1.807, 2.05) is 24.3 Å². The molecule has 2 heterocycles. The number of nitrogens with zero attached hydrogens (tertiary/aromatic N) is 2. The molecule has 0 unspecified atom stereocenters. The molecule has 5 nitrogen and oxygen atoms in total. The fourth-order valence-electron chi connectivity index (χ4n) is 2.22. The summed E-state index contributed by atoms with van der Waals surface area (Å²) in [6.07, 6.45) is 3.77. The summed E-state index contributed by atoms with van der Waals surface area (Å²) in [5.41, 5.74) is 2.24. The molecular formula is C16H14ClN3O2. The minimum absolute atomic E-state index is 0.294. The van der Waals surface area contributed by atoms with E-state index in [1.54, 1.807) is 19.3 Å². The van der Waals surface area contributed by atoms with Crippen LogP contribution < -0.4 is 0 Å². The van der Waals surface area contributed by atoms with Crippen LogP contribution in [0.25, 0.3) is 10.9 Å². The molecular weight excluding hydrogens is 302 g/mol. The molecule has 0 aliphatic carbocycles. The van der Waals surface area contributed by atoms with Crippen molar-refractivity contribution in [3.05, 3.63) is 58.8 Å². The maximum atomic E-state index is 11.6. The molecule has 0 aliphatic rings. The minimum atomic E-state index is -0.417. The number of hydrogen-bond donors (Lipinski definition) is 1. The van der Waals surface area contributed by atoms with E-state index < -0.39 is 5.97 Å². The van der Waals surface area contributed by atoms with Crippen molar-refractivity contribution in [2.45, 2.75) is 13.3 Å². The van der Waals surface area contributed by atoms with Crippen LogP contribution >= 0.6 is 11.6 Å². The summed E-state index contributed by atoms with van der Waals surface area (Å²) in [6, 6.07) is 7.81. The smallest absolute Gasteiger partial charge is 0.358 e. The molecule has 6 heteroatoms. The van der Waals surface area contributed by atoms with Gasteiger partial charge in [-0.05, 0) is 30.7 Å². The molecule has 3 rings (SSSR count). The monoisotopic (exact) mass is 315 g/mol. The van der Waals surface area contributed by atoms with E-state index in [1.165, 1.54) is 0 Å². The summed E-state index contributed by atoms with van der Waals surface area (Å²) in [5, 5.41) is 1.58. The largest absolute Gasteiger partial charge is 0.461 e. The maximum Gasteiger partial charge on any atom is 0.358 e. The van der Waals surface area contributed by atoms with Crippen LogP contribution in [0.2, 0.25) is 5.02 Å². The first-order chi connectivity index (χ1) is 10.7. The van der Waals surface area contributed by atoms with Crippen molar-refractivity contribution in [3.8, 4) is 0 Å². The number of aromatic amines is 1. The molecule has 3 aromatic rings. The zero-order valence-corrected chi connectivity index (χ0v) is 12.7. The molecule has 1 N–H and O–H groups in total. The fraction of sp³-hybridized carbons (Fsp3) is 0.188. The number of imidazole rings is 1. The van der Waals surface area contributed by atoms with Gasteiger partial charge in [0.1, 0.15) is 5.82 Å². The summed E-state index contributed by atoms with van der Waals surface area (Å²) in [7, 11) is 0. The molecule has 0 amide bonds. The number of ether oxygens (including phenoxy) is 1. The van der Waals surface area contributed by atoms with Crippen LogP contribution in [0, 0.1) is 0 Å². The maximum absolute atomic E-state index is 11.6. The number of H-pyrrole nitrogens is 1. The molecule has 0 aliphatic heterocycles. The van der Waals surface area contributed by atoms with E-state index in [0.29, 0.717) is 29.6 Å². The van der Waals surface area contributed by atoms with E-state index in [9.17, 15) is 4.79 Å². The number of carbonyl (C=O) groups excluding carboxylic acids is 1. The van der Waals surface area contributed by atoms with Gasteiger partial charge in [-0.1, -0.05) is 17.7 Å². The highest BCUT2D eigenvalue weighted by molar-refractivity contribution is 6.31. The Labute approximate surface area is 132 Å².